The lowest BCUT2D eigenvalue weighted by atomic mass is 10.4. The summed E-state index contributed by atoms with van der Waals surface area (Å²) in [6.45, 7) is 2.10. The Balaban J connectivity index is 2.55. The van der Waals surface area contributed by atoms with Gasteiger partial charge in [-0.25, -0.2) is 0 Å². The highest BCUT2D eigenvalue weighted by Crippen LogP contribution is 2.06. The molecule has 0 amide bonds. The number of carbonyl (C=O) groups excluding carboxylic acids is 1. The molecule has 0 spiro atoms. The SMILES string of the molecule is CCOC(=O)Cc1nc(N(C)C)no1. The molecule has 0 unspecified atom stereocenters. The molecule has 0 aliphatic carbocycles. The molecule has 0 N–H and O–H groups in total. The summed E-state index contributed by atoms with van der Waals surface area (Å²) in [6.07, 6.45) is 0.0225. The van der Waals surface area contributed by atoms with Crippen LogP contribution >= 0.6 is 0 Å². The number of ether oxygens (including phenoxy) is 1. The molecule has 1 rings (SSSR count). The monoisotopic (exact) mass is 199 g/mol. The standard InChI is InChI=1S/C8H13N3O3/c1-4-13-7(12)5-6-9-8(10-14-6)11(2)3/h4-5H2,1-3H3. The Morgan fingerprint density at radius 1 is 1.57 bits per heavy atom. The van der Waals surface area contributed by atoms with Gasteiger partial charge in [0.15, 0.2) is 0 Å². The van der Waals surface area contributed by atoms with Crippen molar-refractivity contribution in [3.63, 3.8) is 0 Å². The van der Waals surface area contributed by atoms with Crippen LogP contribution in [0.25, 0.3) is 0 Å². The molecule has 0 saturated carbocycles. The van der Waals surface area contributed by atoms with Crippen molar-refractivity contribution in [1.29, 1.82) is 0 Å². The Kier molecular flexibility index (Phi) is 3.44. The van der Waals surface area contributed by atoms with Gasteiger partial charge >= 0.3 is 5.97 Å². The molecule has 0 atom stereocenters. The van der Waals surface area contributed by atoms with E-state index >= 15 is 0 Å². The zero-order valence-corrected chi connectivity index (χ0v) is 8.48. The fraction of sp³-hybridized carbons (Fsp3) is 0.625. The fourth-order valence-corrected chi connectivity index (χ4v) is 0.835. The Labute approximate surface area is 81.8 Å². The van der Waals surface area contributed by atoms with Gasteiger partial charge < -0.3 is 14.2 Å². The maximum absolute atomic E-state index is 11.0. The first-order valence-electron chi connectivity index (χ1n) is 4.29. The van der Waals surface area contributed by atoms with Crippen molar-refractivity contribution >= 4 is 11.9 Å². The van der Waals surface area contributed by atoms with Gasteiger partial charge in [0.1, 0.15) is 6.42 Å². The second kappa shape index (κ2) is 4.59. The van der Waals surface area contributed by atoms with Gasteiger partial charge in [0.2, 0.25) is 5.89 Å². The Morgan fingerprint density at radius 3 is 2.79 bits per heavy atom. The minimum Gasteiger partial charge on any atom is -0.466 e. The van der Waals surface area contributed by atoms with Gasteiger partial charge in [-0.2, -0.15) is 4.98 Å². The molecule has 0 fully saturated rings. The minimum atomic E-state index is -0.360. The first kappa shape index (κ1) is 10.5. The Hall–Kier alpha value is -1.59. The average Bonchev–Trinajstić information content (AvgIpc) is 2.53. The van der Waals surface area contributed by atoms with E-state index in [1.165, 1.54) is 0 Å². The predicted molar refractivity (Wildman–Crippen MR) is 49.0 cm³/mol. The number of aromatic nitrogens is 2. The molecule has 6 heteroatoms. The molecule has 78 valence electrons. The predicted octanol–water partition coefficient (Wildman–Crippen LogP) is 0.241. The van der Waals surface area contributed by atoms with Crippen molar-refractivity contribution in [2.24, 2.45) is 0 Å². The number of rotatable bonds is 4. The summed E-state index contributed by atoms with van der Waals surface area (Å²) in [5, 5.41) is 3.66. The van der Waals surface area contributed by atoms with Crippen LogP contribution in [-0.2, 0) is 16.0 Å². The molecule has 0 bridgehead atoms. The molecule has 1 heterocycles. The smallest absolute Gasteiger partial charge is 0.315 e. The number of nitrogens with zero attached hydrogens (tertiary/aromatic N) is 3. The molecule has 6 nitrogen and oxygen atoms in total. The summed E-state index contributed by atoms with van der Waals surface area (Å²) < 4.78 is 9.57. The maximum Gasteiger partial charge on any atom is 0.315 e. The van der Waals surface area contributed by atoms with Crippen LogP contribution in [0.1, 0.15) is 12.8 Å². The van der Waals surface area contributed by atoms with Gasteiger partial charge in [0, 0.05) is 14.1 Å². The van der Waals surface area contributed by atoms with Gasteiger partial charge in [0.25, 0.3) is 5.95 Å². The highest BCUT2D eigenvalue weighted by molar-refractivity contribution is 5.71. The third-order valence-corrected chi connectivity index (χ3v) is 1.46. The van der Waals surface area contributed by atoms with Crippen molar-refractivity contribution in [1.82, 2.24) is 10.1 Å². The lowest BCUT2D eigenvalue weighted by Gasteiger charge is -2.02. The van der Waals surface area contributed by atoms with Crippen LogP contribution in [0.3, 0.4) is 0 Å². The summed E-state index contributed by atoms with van der Waals surface area (Å²) in [7, 11) is 3.58. The van der Waals surface area contributed by atoms with Crippen LogP contribution in [0.2, 0.25) is 0 Å². The summed E-state index contributed by atoms with van der Waals surface area (Å²) in [6, 6.07) is 0. The van der Waals surface area contributed by atoms with E-state index in [4.69, 9.17) is 9.26 Å². The first-order chi connectivity index (χ1) is 6.63. The summed E-state index contributed by atoms with van der Waals surface area (Å²) in [5.41, 5.74) is 0. The molecular formula is C8H13N3O3. The van der Waals surface area contributed by atoms with Crippen LogP contribution in [0.5, 0.6) is 0 Å². The van der Waals surface area contributed by atoms with Crippen LogP contribution in [-0.4, -0.2) is 36.8 Å². The van der Waals surface area contributed by atoms with Crippen molar-refractivity contribution in [2.45, 2.75) is 13.3 Å². The van der Waals surface area contributed by atoms with E-state index in [-0.39, 0.29) is 18.3 Å². The first-order valence-corrected chi connectivity index (χ1v) is 4.29. The molecule has 0 aromatic carbocycles. The second-order valence-electron chi connectivity index (χ2n) is 2.86. The molecule has 0 aliphatic rings. The number of hydrogen-bond donors (Lipinski definition) is 0. The van der Waals surface area contributed by atoms with Crippen molar-refractivity contribution in [3.05, 3.63) is 5.89 Å². The van der Waals surface area contributed by atoms with Gasteiger partial charge in [-0.05, 0) is 12.1 Å². The number of hydrogen-bond acceptors (Lipinski definition) is 6. The molecule has 0 radical (unpaired) electrons. The van der Waals surface area contributed by atoms with Gasteiger partial charge in [-0.3, -0.25) is 4.79 Å². The second-order valence-corrected chi connectivity index (χ2v) is 2.86. The Bertz CT molecular complexity index is 309. The quantitative estimate of drug-likeness (QED) is 0.647. The average molecular weight is 199 g/mol. The van der Waals surface area contributed by atoms with Gasteiger partial charge in [-0.1, -0.05) is 0 Å². The molecule has 0 aliphatic heterocycles. The van der Waals surface area contributed by atoms with E-state index in [0.29, 0.717) is 12.6 Å². The zero-order chi connectivity index (χ0) is 10.6. The van der Waals surface area contributed by atoms with E-state index in [0.717, 1.165) is 0 Å². The fourth-order valence-electron chi connectivity index (χ4n) is 0.835. The van der Waals surface area contributed by atoms with Crippen LogP contribution in [0.15, 0.2) is 4.52 Å². The van der Waals surface area contributed by atoms with Crippen molar-refractivity contribution < 1.29 is 14.1 Å². The lowest BCUT2D eigenvalue weighted by Crippen LogP contribution is -2.11. The number of anilines is 1. The molecular weight excluding hydrogens is 186 g/mol. The van der Waals surface area contributed by atoms with Gasteiger partial charge in [-0.15, -0.1) is 0 Å². The summed E-state index contributed by atoms with van der Waals surface area (Å²) >= 11 is 0. The van der Waals surface area contributed by atoms with Crippen LogP contribution in [0.4, 0.5) is 5.95 Å². The van der Waals surface area contributed by atoms with Crippen molar-refractivity contribution in [3.8, 4) is 0 Å². The zero-order valence-electron chi connectivity index (χ0n) is 8.48. The van der Waals surface area contributed by atoms with Crippen molar-refractivity contribution in [2.75, 3.05) is 25.6 Å². The highest BCUT2D eigenvalue weighted by atomic mass is 16.5. The third-order valence-electron chi connectivity index (χ3n) is 1.46. The van der Waals surface area contributed by atoms with Crippen LogP contribution in [0, 0.1) is 0 Å². The van der Waals surface area contributed by atoms with Crippen LogP contribution < -0.4 is 4.90 Å². The molecule has 14 heavy (non-hydrogen) atoms. The summed E-state index contributed by atoms with van der Waals surface area (Å²) in [5.74, 6) is 0.359. The minimum absolute atomic E-state index is 0.0225. The molecule has 0 saturated heterocycles. The topological polar surface area (TPSA) is 68.5 Å². The molecule has 1 aromatic rings. The number of esters is 1. The van der Waals surface area contributed by atoms with E-state index in [1.54, 1.807) is 25.9 Å². The van der Waals surface area contributed by atoms with E-state index in [2.05, 4.69) is 10.1 Å². The maximum atomic E-state index is 11.0. The van der Waals surface area contributed by atoms with E-state index in [1.807, 2.05) is 0 Å². The highest BCUT2D eigenvalue weighted by Gasteiger charge is 2.12. The lowest BCUT2D eigenvalue weighted by molar-refractivity contribution is -0.142. The third kappa shape index (κ3) is 2.72. The normalized spacial score (nSPS) is 9.93. The van der Waals surface area contributed by atoms with E-state index < -0.39 is 0 Å². The largest absolute Gasteiger partial charge is 0.466 e. The molecule has 1 aromatic heterocycles. The number of carbonyl (C=O) groups is 1. The summed E-state index contributed by atoms with van der Waals surface area (Å²) in [4.78, 5) is 16.7. The van der Waals surface area contributed by atoms with E-state index in [9.17, 15) is 4.79 Å². The van der Waals surface area contributed by atoms with Gasteiger partial charge in [0.05, 0.1) is 6.61 Å². The Morgan fingerprint density at radius 2 is 2.29 bits per heavy atom.